The van der Waals surface area contributed by atoms with E-state index in [0.717, 1.165) is 12.1 Å². The standard InChI is InChI=1S/C12H17NO2/c1-3-8-13-9-10-6-5-7-11(12(10)14)15-4-2/h3,5-7,13-14H,1,4,8-9H2,2H3. The number of phenolic OH excluding ortho intramolecular Hbond substituents is 1. The lowest BCUT2D eigenvalue weighted by Gasteiger charge is -2.10. The van der Waals surface area contributed by atoms with Gasteiger partial charge in [-0.25, -0.2) is 0 Å². The number of nitrogens with one attached hydrogen (secondary N) is 1. The van der Waals surface area contributed by atoms with E-state index in [-0.39, 0.29) is 5.75 Å². The fraction of sp³-hybridized carbons (Fsp3) is 0.333. The molecule has 0 amide bonds. The minimum atomic E-state index is 0.218. The fourth-order valence-corrected chi connectivity index (χ4v) is 1.29. The zero-order valence-electron chi connectivity index (χ0n) is 8.99. The van der Waals surface area contributed by atoms with Crippen molar-refractivity contribution in [2.45, 2.75) is 13.5 Å². The summed E-state index contributed by atoms with van der Waals surface area (Å²) in [6.07, 6.45) is 1.78. The molecule has 3 nitrogen and oxygen atoms in total. The number of rotatable bonds is 6. The molecule has 0 saturated heterocycles. The Morgan fingerprint density at radius 1 is 1.53 bits per heavy atom. The van der Waals surface area contributed by atoms with Gasteiger partial charge in [-0.2, -0.15) is 0 Å². The Kier molecular flexibility index (Phi) is 4.71. The average molecular weight is 207 g/mol. The van der Waals surface area contributed by atoms with Gasteiger partial charge in [-0.05, 0) is 13.0 Å². The second kappa shape index (κ2) is 6.09. The normalized spacial score (nSPS) is 9.93. The van der Waals surface area contributed by atoms with Gasteiger partial charge in [0.15, 0.2) is 11.5 Å². The van der Waals surface area contributed by atoms with Crippen molar-refractivity contribution in [3.05, 3.63) is 36.4 Å². The Labute approximate surface area is 90.4 Å². The third-order valence-corrected chi connectivity index (χ3v) is 1.99. The molecule has 82 valence electrons. The Balaban J connectivity index is 2.70. The average Bonchev–Trinajstić information content (AvgIpc) is 2.24. The molecule has 3 heteroatoms. The maximum atomic E-state index is 9.83. The highest BCUT2D eigenvalue weighted by molar-refractivity contribution is 5.45. The van der Waals surface area contributed by atoms with Crippen molar-refractivity contribution in [2.75, 3.05) is 13.2 Å². The van der Waals surface area contributed by atoms with Crippen LogP contribution in [0.1, 0.15) is 12.5 Å². The summed E-state index contributed by atoms with van der Waals surface area (Å²) < 4.78 is 5.29. The monoisotopic (exact) mass is 207 g/mol. The van der Waals surface area contributed by atoms with Gasteiger partial charge in [-0.3, -0.25) is 0 Å². The SMILES string of the molecule is C=CCNCc1cccc(OCC)c1O. The molecule has 0 saturated carbocycles. The van der Waals surface area contributed by atoms with Crippen LogP contribution in [0.3, 0.4) is 0 Å². The lowest BCUT2D eigenvalue weighted by atomic mass is 10.2. The molecule has 0 radical (unpaired) electrons. The van der Waals surface area contributed by atoms with Crippen LogP contribution in [-0.2, 0) is 6.54 Å². The second-order valence-corrected chi connectivity index (χ2v) is 3.12. The van der Waals surface area contributed by atoms with E-state index in [2.05, 4.69) is 11.9 Å². The molecule has 1 aromatic rings. The summed E-state index contributed by atoms with van der Waals surface area (Å²) >= 11 is 0. The maximum absolute atomic E-state index is 9.83. The molecule has 0 unspecified atom stereocenters. The summed E-state index contributed by atoms with van der Waals surface area (Å²) in [5, 5.41) is 13.0. The zero-order chi connectivity index (χ0) is 11.1. The molecule has 0 aliphatic rings. The molecule has 0 atom stereocenters. The first-order valence-corrected chi connectivity index (χ1v) is 5.04. The summed E-state index contributed by atoms with van der Waals surface area (Å²) in [7, 11) is 0. The van der Waals surface area contributed by atoms with Gasteiger partial charge in [-0.1, -0.05) is 18.2 Å². The summed E-state index contributed by atoms with van der Waals surface area (Å²) in [5.74, 6) is 0.756. The molecule has 0 bridgehead atoms. The van der Waals surface area contributed by atoms with E-state index in [1.54, 1.807) is 12.1 Å². The van der Waals surface area contributed by atoms with Gasteiger partial charge in [-0.15, -0.1) is 6.58 Å². The van der Waals surface area contributed by atoms with Gasteiger partial charge in [0.05, 0.1) is 6.61 Å². The van der Waals surface area contributed by atoms with E-state index in [1.807, 2.05) is 19.1 Å². The predicted molar refractivity (Wildman–Crippen MR) is 61.2 cm³/mol. The summed E-state index contributed by atoms with van der Waals surface area (Å²) in [4.78, 5) is 0. The topological polar surface area (TPSA) is 41.5 Å². The number of phenols is 1. The molecule has 0 aromatic heterocycles. The van der Waals surface area contributed by atoms with Crippen molar-refractivity contribution < 1.29 is 9.84 Å². The van der Waals surface area contributed by atoms with E-state index in [9.17, 15) is 5.11 Å². The summed E-state index contributed by atoms with van der Waals surface area (Å²) in [5.41, 5.74) is 0.836. The number of hydrogen-bond acceptors (Lipinski definition) is 3. The molecule has 1 aromatic carbocycles. The van der Waals surface area contributed by atoms with Crippen LogP contribution < -0.4 is 10.1 Å². The van der Waals surface area contributed by atoms with Gasteiger partial charge < -0.3 is 15.2 Å². The first kappa shape index (κ1) is 11.6. The Morgan fingerprint density at radius 2 is 2.33 bits per heavy atom. The van der Waals surface area contributed by atoms with Crippen LogP contribution in [0.25, 0.3) is 0 Å². The zero-order valence-corrected chi connectivity index (χ0v) is 8.99. The molecule has 0 aliphatic carbocycles. The van der Waals surface area contributed by atoms with Gasteiger partial charge in [0.2, 0.25) is 0 Å². The minimum Gasteiger partial charge on any atom is -0.504 e. The Morgan fingerprint density at radius 3 is 3.00 bits per heavy atom. The van der Waals surface area contributed by atoms with Gasteiger partial charge >= 0.3 is 0 Å². The molecule has 15 heavy (non-hydrogen) atoms. The van der Waals surface area contributed by atoms with Crippen LogP contribution >= 0.6 is 0 Å². The van der Waals surface area contributed by atoms with E-state index >= 15 is 0 Å². The lowest BCUT2D eigenvalue weighted by Crippen LogP contribution is -2.12. The highest BCUT2D eigenvalue weighted by atomic mass is 16.5. The number of hydrogen-bond donors (Lipinski definition) is 2. The van der Waals surface area contributed by atoms with Gasteiger partial charge in [0, 0.05) is 18.7 Å². The van der Waals surface area contributed by atoms with Crippen LogP contribution in [0.15, 0.2) is 30.9 Å². The van der Waals surface area contributed by atoms with Crippen LogP contribution in [0.5, 0.6) is 11.5 Å². The predicted octanol–water partition coefficient (Wildman–Crippen LogP) is 2.07. The van der Waals surface area contributed by atoms with Crippen LogP contribution in [0, 0.1) is 0 Å². The minimum absolute atomic E-state index is 0.218. The largest absolute Gasteiger partial charge is 0.504 e. The summed E-state index contributed by atoms with van der Waals surface area (Å²) in [6, 6.07) is 5.50. The van der Waals surface area contributed by atoms with Crippen LogP contribution in [-0.4, -0.2) is 18.3 Å². The highest BCUT2D eigenvalue weighted by Crippen LogP contribution is 2.29. The van der Waals surface area contributed by atoms with Crippen molar-refractivity contribution in [2.24, 2.45) is 0 Å². The molecule has 1 rings (SSSR count). The van der Waals surface area contributed by atoms with Crippen LogP contribution in [0.4, 0.5) is 0 Å². The van der Waals surface area contributed by atoms with E-state index in [0.29, 0.717) is 18.9 Å². The molecular weight excluding hydrogens is 190 g/mol. The molecule has 0 spiro atoms. The van der Waals surface area contributed by atoms with Crippen molar-refractivity contribution >= 4 is 0 Å². The fourth-order valence-electron chi connectivity index (χ4n) is 1.29. The second-order valence-electron chi connectivity index (χ2n) is 3.12. The lowest BCUT2D eigenvalue weighted by molar-refractivity contribution is 0.316. The number of benzene rings is 1. The first-order chi connectivity index (χ1) is 7.29. The third-order valence-electron chi connectivity index (χ3n) is 1.99. The van der Waals surface area contributed by atoms with E-state index < -0.39 is 0 Å². The molecule has 0 aliphatic heterocycles. The van der Waals surface area contributed by atoms with Crippen molar-refractivity contribution in [3.8, 4) is 11.5 Å². The van der Waals surface area contributed by atoms with Crippen molar-refractivity contribution in [3.63, 3.8) is 0 Å². The van der Waals surface area contributed by atoms with Gasteiger partial charge in [0.25, 0.3) is 0 Å². The quantitative estimate of drug-likeness (QED) is 0.554. The Hall–Kier alpha value is -1.48. The smallest absolute Gasteiger partial charge is 0.162 e. The van der Waals surface area contributed by atoms with Crippen LogP contribution in [0.2, 0.25) is 0 Å². The molecule has 2 N–H and O–H groups in total. The number of ether oxygens (including phenoxy) is 1. The first-order valence-electron chi connectivity index (χ1n) is 5.04. The van der Waals surface area contributed by atoms with Crippen molar-refractivity contribution in [1.29, 1.82) is 0 Å². The van der Waals surface area contributed by atoms with E-state index in [1.165, 1.54) is 0 Å². The van der Waals surface area contributed by atoms with Gasteiger partial charge in [0.1, 0.15) is 0 Å². The Bertz CT molecular complexity index is 323. The summed E-state index contributed by atoms with van der Waals surface area (Å²) in [6.45, 7) is 7.39. The maximum Gasteiger partial charge on any atom is 0.162 e. The molecular formula is C12H17NO2. The molecule has 0 heterocycles. The number of para-hydroxylation sites is 1. The molecule has 0 fully saturated rings. The third kappa shape index (κ3) is 3.29. The highest BCUT2D eigenvalue weighted by Gasteiger charge is 2.06. The number of aromatic hydroxyl groups is 1. The van der Waals surface area contributed by atoms with E-state index in [4.69, 9.17) is 4.74 Å². The van der Waals surface area contributed by atoms with Crippen molar-refractivity contribution in [1.82, 2.24) is 5.32 Å².